The van der Waals surface area contributed by atoms with Gasteiger partial charge in [0, 0.05) is 45.3 Å². The summed E-state index contributed by atoms with van der Waals surface area (Å²) in [5, 5.41) is 9.87. The van der Waals surface area contributed by atoms with Crippen molar-refractivity contribution in [2.45, 2.75) is 39.3 Å². The molecular formula is C21H29N5O2. The van der Waals surface area contributed by atoms with Gasteiger partial charge in [0.05, 0.1) is 5.69 Å². The summed E-state index contributed by atoms with van der Waals surface area (Å²) < 4.78 is 0. The van der Waals surface area contributed by atoms with E-state index in [4.69, 9.17) is 0 Å². The summed E-state index contributed by atoms with van der Waals surface area (Å²) in [6.07, 6.45) is 1.02. The Morgan fingerprint density at radius 2 is 1.96 bits per heavy atom. The number of aryl methyl sites for hydroxylation is 2. The average Bonchev–Trinajstić information content (AvgIpc) is 3.03. The van der Waals surface area contributed by atoms with E-state index in [1.807, 2.05) is 32.0 Å². The summed E-state index contributed by atoms with van der Waals surface area (Å²) in [6, 6.07) is 9.75. The molecule has 7 nitrogen and oxygen atoms in total. The fraction of sp³-hybridized carbons (Fsp3) is 0.476. The minimum atomic E-state index is -0.457. The summed E-state index contributed by atoms with van der Waals surface area (Å²) >= 11 is 0. The number of H-pyrrole nitrogens is 1. The Morgan fingerprint density at radius 1 is 1.21 bits per heavy atom. The maximum atomic E-state index is 12.9. The van der Waals surface area contributed by atoms with Crippen LogP contribution < -0.4 is 5.32 Å². The molecule has 0 aliphatic carbocycles. The number of nitrogens with one attached hydrogen (secondary N) is 2. The predicted molar refractivity (Wildman–Crippen MR) is 108 cm³/mol. The summed E-state index contributed by atoms with van der Waals surface area (Å²) in [5.74, 6) is -0.0882. The SMILES string of the molecule is CNC(=O)C1CN(Cc2ccccc2)CCN1C(=O)CCc1c(C)n[nH]c1C. The quantitative estimate of drug-likeness (QED) is 0.791. The van der Waals surface area contributed by atoms with E-state index in [0.717, 1.165) is 30.0 Å². The average molecular weight is 383 g/mol. The molecule has 2 amide bonds. The summed E-state index contributed by atoms with van der Waals surface area (Å²) in [6.45, 7) is 6.56. The highest BCUT2D eigenvalue weighted by molar-refractivity contribution is 5.88. The van der Waals surface area contributed by atoms with Crippen molar-refractivity contribution < 1.29 is 9.59 Å². The minimum Gasteiger partial charge on any atom is -0.357 e. The van der Waals surface area contributed by atoms with E-state index in [-0.39, 0.29) is 11.8 Å². The smallest absolute Gasteiger partial charge is 0.243 e. The Kier molecular flexibility index (Phi) is 6.46. The molecule has 1 atom stereocenters. The number of aromatic nitrogens is 2. The number of hydrogen-bond donors (Lipinski definition) is 2. The topological polar surface area (TPSA) is 81.3 Å². The largest absolute Gasteiger partial charge is 0.357 e. The van der Waals surface area contributed by atoms with Gasteiger partial charge in [-0.1, -0.05) is 30.3 Å². The van der Waals surface area contributed by atoms with Crippen LogP contribution in [0.3, 0.4) is 0 Å². The maximum absolute atomic E-state index is 12.9. The van der Waals surface area contributed by atoms with Gasteiger partial charge in [-0.25, -0.2) is 0 Å². The van der Waals surface area contributed by atoms with E-state index < -0.39 is 6.04 Å². The molecule has 1 fully saturated rings. The zero-order valence-corrected chi connectivity index (χ0v) is 16.9. The van der Waals surface area contributed by atoms with Crippen molar-refractivity contribution in [1.82, 2.24) is 25.3 Å². The molecule has 7 heteroatoms. The number of rotatable bonds is 6. The van der Waals surface area contributed by atoms with E-state index in [0.29, 0.717) is 25.9 Å². The second kappa shape index (κ2) is 9.01. The highest BCUT2D eigenvalue weighted by Crippen LogP contribution is 2.17. The maximum Gasteiger partial charge on any atom is 0.243 e. The molecule has 1 aliphatic rings. The molecule has 1 saturated heterocycles. The number of amides is 2. The lowest BCUT2D eigenvalue weighted by Crippen LogP contribution is -2.60. The highest BCUT2D eigenvalue weighted by atomic mass is 16.2. The van der Waals surface area contributed by atoms with Crippen molar-refractivity contribution in [2.75, 3.05) is 26.7 Å². The molecule has 0 bridgehead atoms. The van der Waals surface area contributed by atoms with E-state index >= 15 is 0 Å². The van der Waals surface area contributed by atoms with Crippen LogP contribution in [0.4, 0.5) is 0 Å². The number of nitrogens with zero attached hydrogens (tertiary/aromatic N) is 3. The van der Waals surface area contributed by atoms with Crippen molar-refractivity contribution >= 4 is 11.8 Å². The van der Waals surface area contributed by atoms with Crippen molar-refractivity contribution in [2.24, 2.45) is 0 Å². The van der Waals surface area contributed by atoms with Gasteiger partial charge in [0.25, 0.3) is 0 Å². The van der Waals surface area contributed by atoms with E-state index in [1.54, 1.807) is 11.9 Å². The van der Waals surface area contributed by atoms with Gasteiger partial charge in [-0.15, -0.1) is 0 Å². The minimum absolute atomic E-state index is 0.0213. The number of likely N-dealkylation sites (N-methyl/N-ethyl adjacent to an activating group) is 1. The van der Waals surface area contributed by atoms with Crippen LogP contribution in [0, 0.1) is 13.8 Å². The molecule has 2 N–H and O–H groups in total. The fourth-order valence-corrected chi connectivity index (χ4v) is 3.83. The van der Waals surface area contributed by atoms with Gasteiger partial charge in [-0.05, 0) is 31.4 Å². The first-order valence-electron chi connectivity index (χ1n) is 9.77. The molecule has 1 aromatic carbocycles. The Balaban J connectivity index is 1.64. The van der Waals surface area contributed by atoms with Gasteiger partial charge >= 0.3 is 0 Å². The Bertz CT molecular complexity index is 798. The van der Waals surface area contributed by atoms with Crippen LogP contribution >= 0.6 is 0 Å². The first kappa shape index (κ1) is 20.1. The van der Waals surface area contributed by atoms with Crippen molar-refractivity contribution in [3.05, 3.63) is 52.8 Å². The normalized spacial score (nSPS) is 17.5. The molecule has 28 heavy (non-hydrogen) atoms. The Hall–Kier alpha value is -2.67. The van der Waals surface area contributed by atoms with Crippen molar-refractivity contribution in [3.8, 4) is 0 Å². The molecule has 1 aliphatic heterocycles. The molecule has 1 aromatic heterocycles. The standard InChI is InChI=1S/C21H29N5O2/c1-15-18(16(2)24-23-15)9-10-20(27)26-12-11-25(14-19(26)21(28)22-3)13-17-7-5-4-6-8-17/h4-8,19H,9-14H2,1-3H3,(H,22,28)(H,23,24). The van der Waals surface area contributed by atoms with E-state index in [2.05, 4.69) is 32.5 Å². The number of hydrogen-bond acceptors (Lipinski definition) is 4. The number of carbonyl (C=O) groups is 2. The summed E-state index contributed by atoms with van der Waals surface area (Å²) in [5.41, 5.74) is 4.23. The van der Waals surface area contributed by atoms with Crippen LogP contribution in [0.2, 0.25) is 0 Å². The van der Waals surface area contributed by atoms with Gasteiger partial charge in [0.1, 0.15) is 6.04 Å². The van der Waals surface area contributed by atoms with Crippen LogP contribution in [0.25, 0.3) is 0 Å². The number of aromatic amines is 1. The van der Waals surface area contributed by atoms with Crippen LogP contribution in [0.15, 0.2) is 30.3 Å². The van der Waals surface area contributed by atoms with Crippen LogP contribution in [0.1, 0.15) is 28.9 Å². The second-order valence-electron chi connectivity index (χ2n) is 7.35. The molecule has 2 heterocycles. The zero-order valence-electron chi connectivity index (χ0n) is 16.9. The fourth-order valence-electron chi connectivity index (χ4n) is 3.83. The monoisotopic (exact) mass is 383 g/mol. The molecule has 1 unspecified atom stereocenters. The Morgan fingerprint density at radius 3 is 2.61 bits per heavy atom. The number of piperazine rings is 1. The number of carbonyl (C=O) groups excluding carboxylic acids is 2. The van der Waals surface area contributed by atoms with Crippen molar-refractivity contribution in [1.29, 1.82) is 0 Å². The third-order valence-corrected chi connectivity index (χ3v) is 5.45. The van der Waals surface area contributed by atoms with Crippen LogP contribution in [-0.2, 0) is 22.6 Å². The third kappa shape index (κ3) is 4.59. The van der Waals surface area contributed by atoms with Gasteiger partial charge in [0.15, 0.2) is 0 Å². The molecular weight excluding hydrogens is 354 g/mol. The van der Waals surface area contributed by atoms with Crippen LogP contribution in [-0.4, -0.2) is 64.5 Å². The lowest BCUT2D eigenvalue weighted by Gasteiger charge is -2.40. The molecule has 2 aromatic rings. The molecule has 3 rings (SSSR count). The summed E-state index contributed by atoms with van der Waals surface area (Å²) in [4.78, 5) is 29.4. The predicted octanol–water partition coefficient (Wildman–Crippen LogP) is 1.42. The summed E-state index contributed by atoms with van der Waals surface area (Å²) in [7, 11) is 1.62. The first-order chi connectivity index (χ1) is 13.5. The van der Waals surface area contributed by atoms with E-state index in [9.17, 15) is 9.59 Å². The molecule has 0 radical (unpaired) electrons. The van der Waals surface area contributed by atoms with E-state index in [1.165, 1.54) is 5.56 Å². The van der Waals surface area contributed by atoms with Gasteiger partial charge in [0.2, 0.25) is 11.8 Å². The number of benzene rings is 1. The van der Waals surface area contributed by atoms with Gasteiger partial charge < -0.3 is 10.2 Å². The molecule has 150 valence electrons. The highest BCUT2D eigenvalue weighted by Gasteiger charge is 2.34. The van der Waals surface area contributed by atoms with Gasteiger partial charge in [-0.2, -0.15) is 5.10 Å². The zero-order chi connectivity index (χ0) is 20.1. The second-order valence-corrected chi connectivity index (χ2v) is 7.35. The molecule has 0 spiro atoms. The van der Waals surface area contributed by atoms with Gasteiger partial charge in [-0.3, -0.25) is 19.6 Å². The van der Waals surface area contributed by atoms with Crippen molar-refractivity contribution in [3.63, 3.8) is 0 Å². The lowest BCUT2D eigenvalue weighted by atomic mass is 10.1. The Labute approximate surface area is 166 Å². The van der Waals surface area contributed by atoms with Crippen LogP contribution in [0.5, 0.6) is 0 Å². The first-order valence-corrected chi connectivity index (χ1v) is 9.77. The molecule has 0 saturated carbocycles. The third-order valence-electron chi connectivity index (χ3n) is 5.45. The lowest BCUT2D eigenvalue weighted by molar-refractivity contribution is -0.144.